The second kappa shape index (κ2) is 29.2. The highest BCUT2D eigenvalue weighted by Gasteiger charge is 2.31. The number of hydrogen-bond donors (Lipinski definition) is 0. The molecule has 0 unspecified atom stereocenters. The van der Waals surface area contributed by atoms with Crippen LogP contribution in [0.25, 0.3) is 43.1 Å². The van der Waals surface area contributed by atoms with Gasteiger partial charge in [-0.15, -0.1) is 0 Å². The predicted molar refractivity (Wildman–Crippen MR) is 327 cm³/mol. The van der Waals surface area contributed by atoms with E-state index in [0.717, 1.165) is 142 Å². The van der Waals surface area contributed by atoms with Gasteiger partial charge in [-0.3, -0.25) is 0 Å². The van der Waals surface area contributed by atoms with E-state index in [1.807, 2.05) is 42.6 Å². The van der Waals surface area contributed by atoms with Crippen LogP contribution in [-0.2, 0) is 33.2 Å². The Bertz CT molecular complexity index is 3590. The molecule has 3 aliphatic heterocycles. The molecule has 0 radical (unpaired) electrons. The largest absolute Gasteiger partial charge is 0.461 e. The SMILES string of the molecule is CCOC(=O)c1cc2ccc(Br)cc2cn1.CCOC(=O)c1cc2ccc(N3CCOCC3)c(Br)c2cn1.CCOC(=O)c1cc2ccc(N3CCOCC3)c(C3CC3)c2cn1.CCOC(=O)c1cc2ccc(N3CCOCC3)cc2cn1. The van der Waals surface area contributed by atoms with Crippen LogP contribution in [-0.4, -0.2) is 149 Å². The number of aromatic nitrogens is 4. The number of esters is 4. The molecule has 1 aliphatic carbocycles. The van der Waals surface area contributed by atoms with Crippen LogP contribution in [0.2, 0.25) is 0 Å². The first-order valence-corrected chi connectivity index (χ1v) is 29.7. The van der Waals surface area contributed by atoms with E-state index in [1.165, 1.54) is 24.1 Å². The van der Waals surface area contributed by atoms with Gasteiger partial charge in [-0.05, 0) is 150 Å². The maximum Gasteiger partial charge on any atom is 0.356 e. The fourth-order valence-electron chi connectivity index (χ4n) is 9.86. The van der Waals surface area contributed by atoms with Gasteiger partial charge in [0.25, 0.3) is 0 Å². The van der Waals surface area contributed by atoms with Crippen LogP contribution in [0.15, 0.2) is 119 Å². The van der Waals surface area contributed by atoms with Crippen molar-refractivity contribution in [2.24, 2.45) is 0 Å². The highest BCUT2D eigenvalue weighted by Crippen LogP contribution is 2.48. The molecule has 20 heteroatoms. The molecule has 0 atom stereocenters. The minimum absolute atomic E-state index is 0.334. The summed E-state index contributed by atoms with van der Waals surface area (Å²) in [5, 5.41) is 8.14. The van der Waals surface area contributed by atoms with Crippen molar-refractivity contribution in [3.63, 3.8) is 0 Å². The lowest BCUT2D eigenvalue weighted by Gasteiger charge is -2.31. The van der Waals surface area contributed by atoms with Crippen molar-refractivity contribution in [1.29, 1.82) is 0 Å². The molecular formula is C63H67Br2N7O11. The fourth-order valence-corrected chi connectivity index (χ4v) is 11.0. The number of morpholine rings is 3. The molecule has 4 fully saturated rings. The number of pyridine rings is 4. The third kappa shape index (κ3) is 15.5. The van der Waals surface area contributed by atoms with Gasteiger partial charge >= 0.3 is 23.9 Å². The number of halogens is 2. The van der Waals surface area contributed by atoms with Gasteiger partial charge < -0.3 is 47.9 Å². The third-order valence-electron chi connectivity index (χ3n) is 14.1. The topological polar surface area (TPSA) is 194 Å². The van der Waals surface area contributed by atoms with E-state index >= 15 is 0 Å². The molecule has 12 rings (SSSR count). The van der Waals surface area contributed by atoms with Crippen molar-refractivity contribution in [2.45, 2.75) is 46.5 Å². The molecule has 83 heavy (non-hydrogen) atoms. The summed E-state index contributed by atoms with van der Waals surface area (Å²) in [6, 6.07) is 27.5. The molecule has 3 saturated heterocycles. The monoisotopic (exact) mass is 1260 g/mol. The Kier molecular flexibility index (Phi) is 21.2. The van der Waals surface area contributed by atoms with E-state index in [4.69, 9.17) is 33.2 Å². The molecular weight excluding hydrogens is 1190 g/mol. The van der Waals surface area contributed by atoms with Crippen molar-refractivity contribution in [1.82, 2.24) is 19.9 Å². The standard InChI is InChI=1S/C19H22N2O3.C16H17BrN2O3.C16H18N2O3.C12H10BrNO2/c1-2-24-19(22)16-11-14-5-6-17(21-7-9-23-10-8-21)18(13-3-4-13)15(14)12-20-16;1-2-22-16(20)13-9-11-3-4-14(15(17)12(11)10-18-13)19-5-7-21-8-6-19;1-2-21-16(19)15-10-12-3-4-14(9-13(12)11-17-15)18-5-7-20-8-6-18;1-2-16-12(15)11-6-8-3-4-10(13)5-9(8)7-14-11/h5-6,11-13H,2-4,7-10H2,1H3;3-4,9-10H,2,5-8H2,1H3;3-4,9-11H,2,5-8H2,1H3;3-7H,2H2,1H3. The first-order valence-electron chi connectivity index (χ1n) is 28.1. The number of benzene rings is 4. The van der Waals surface area contributed by atoms with Crippen molar-refractivity contribution in [2.75, 3.05) is 120 Å². The number of hydrogen-bond acceptors (Lipinski definition) is 18. The van der Waals surface area contributed by atoms with Crippen LogP contribution in [0.4, 0.5) is 17.1 Å². The molecule has 0 bridgehead atoms. The Labute approximate surface area is 499 Å². The summed E-state index contributed by atoms with van der Waals surface area (Å²) >= 11 is 7.06. The minimum Gasteiger partial charge on any atom is -0.461 e. The summed E-state index contributed by atoms with van der Waals surface area (Å²) in [6.07, 6.45) is 9.43. The van der Waals surface area contributed by atoms with Crippen LogP contribution in [0.1, 0.15) is 94.0 Å². The van der Waals surface area contributed by atoms with E-state index in [-0.39, 0.29) is 17.9 Å². The summed E-state index contributed by atoms with van der Waals surface area (Å²) in [6.45, 7) is 18.5. The molecule has 7 heterocycles. The van der Waals surface area contributed by atoms with Crippen LogP contribution < -0.4 is 14.7 Å². The van der Waals surface area contributed by atoms with Gasteiger partial charge in [0.05, 0.1) is 76.2 Å². The normalized spacial score (nSPS) is 15.0. The van der Waals surface area contributed by atoms with E-state index in [9.17, 15) is 19.2 Å². The molecule has 4 aliphatic rings. The average Bonchev–Trinajstić information content (AvgIpc) is 4.45. The van der Waals surface area contributed by atoms with E-state index in [2.05, 4.69) is 96.8 Å². The summed E-state index contributed by atoms with van der Waals surface area (Å²) in [7, 11) is 0. The van der Waals surface area contributed by atoms with Crippen molar-refractivity contribution >= 4 is 116 Å². The van der Waals surface area contributed by atoms with E-state index in [1.54, 1.807) is 64.5 Å². The van der Waals surface area contributed by atoms with E-state index in [0.29, 0.717) is 55.1 Å². The number of carbonyl (C=O) groups excluding carboxylic acids is 4. The molecule has 0 amide bonds. The molecule has 434 valence electrons. The van der Waals surface area contributed by atoms with Gasteiger partial charge in [-0.2, -0.15) is 0 Å². The maximum absolute atomic E-state index is 11.9. The Hall–Kier alpha value is -7.36. The lowest BCUT2D eigenvalue weighted by Crippen LogP contribution is -2.36. The zero-order valence-corrected chi connectivity index (χ0v) is 50.2. The Morgan fingerprint density at radius 3 is 1.31 bits per heavy atom. The van der Waals surface area contributed by atoms with Crippen LogP contribution in [0, 0.1) is 0 Å². The van der Waals surface area contributed by atoms with Crippen LogP contribution >= 0.6 is 31.9 Å². The first-order chi connectivity index (χ1) is 40.5. The van der Waals surface area contributed by atoms with Gasteiger partial charge in [0, 0.05) is 101 Å². The summed E-state index contributed by atoms with van der Waals surface area (Å²) in [5.74, 6) is -0.895. The second-order valence-corrected chi connectivity index (χ2v) is 21.3. The zero-order chi connectivity index (χ0) is 58.2. The van der Waals surface area contributed by atoms with Crippen molar-refractivity contribution in [3.05, 3.63) is 147 Å². The highest BCUT2D eigenvalue weighted by molar-refractivity contribution is 9.11. The predicted octanol–water partition coefficient (Wildman–Crippen LogP) is 11.6. The molecule has 4 aromatic carbocycles. The Morgan fingerprint density at radius 2 is 0.831 bits per heavy atom. The lowest BCUT2D eigenvalue weighted by molar-refractivity contribution is 0.0510. The molecule has 0 spiro atoms. The van der Waals surface area contributed by atoms with Crippen LogP contribution in [0.3, 0.4) is 0 Å². The number of ether oxygens (including phenoxy) is 7. The molecule has 0 N–H and O–H groups in total. The van der Waals surface area contributed by atoms with Crippen molar-refractivity contribution in [3.8, 4) is 0 Å². The maximum atomic E-state index is 11.9. The van der Waals surface area contributed by atoms with Crippen molar-refractivity contribution < 1.29 is 52.3 Å². The number of rotatable bonds is 12. The molecule has 8 aromatic rings. The average molecular weight is 1260 g/mol. The number of anilines is 3. The third-order valence-corrected chi connectivity index (χ3v) is 15.5. The van der Waals surface area contributed by atoms with Gasteiger partial charge in [0.1, 0.15) is 22.8 Å². The molecule has 1 saturated carbocycles. The van der Waals surface area contributed by atoms with E-state index < -0.39 is 5.97 Å². The fraction of sp³-hybridized carbons (Fsp3) is 0.365. The minimum atomic E-state index is -0.391. The molecule has 18 nitrogen and oxygen atoms in total. The number of carbonyl (C=O) groups is 4. The quantitative estimate of drug-likeness (QED) is 0.0827. The zero-order valence-electron chi connectivity index (χ0n) is 47.1. The highest BCUT2D eigenvalue weighted by atomic mass is 79.9. The number of fused-ring (bicyclic) bond motifs is 4. The number of nitrogens with zero attached hydrogens (tertiary/aromatic N) is 7. The Morgan fingerprint density at radius 1 is 0.446 bits per heavy atom. The summed E-state index contributed by atoms with van der Waals surface area (Å²) in [5.41, 5.74) is 6.39. The second-order valence-electron chi connectivity index (χ2n) is 19.6. The lowest BCUT2D eigenvalue weighted by atomic mass is 9.99. The van der Waals surface area contributed by atoms with Gasteiger partial charge in [-0.1, -0.05) is 40.2 Å². The first kappa shape index (κ1) is 60.2. The smallest absolute Gasteiger partial charge is 0.356 e. The van der Waals surface area contributed by atoms with Gasteiger partial charge in [-0.25, -0.2) is 39.1 Å². The van der Waals surface area contributed by atoms with Gasteiger partial charge in [0.2, 0.25) is 0 Å². The summed E-state index contributed by atoms with van der Waals surface area (Å²) in [4.78, 5) is 70.7. The summed E-state index contributed by atoms with van der Waals surface area (Å²) < 4.78 is 38.1. The van der Waals surface area contributed by atoms with Gasteiger partial charge in [0.15, 0.2) is 0 Å². The Balaban J connectivity index is 0.000000134. The molecule has 4 aromatic heterocycles. The van der Waals surface area contributed by atoms with Crippen LogP contribution in [0.5, 0.6) is 0 Å².